The number of halogens is 1. The zero-order valence-electron chi connectivity index (χ0n) is 12.4. The van der Waals surface area contributed by atoms with Gasteiger partial charge in [-0.1, -0.05) is 0 Å². The Morgan fingerprint density at radius 3 is 2.95 bits per heavy atom. The van der Waals surface area contributed by atoms with Crippen LogP contribution in [0.2, 0.25) is 0 Å². The highest BCUT2D eigenvalue weighted by molar-refractivity contribution is 5.81. The van der Waals surface area contributed by atoms with Gasteiger partial charge >= 0.3 is 0 Å². The average molecular weight is 307 g/mol. The first-order valence-corrected chi connectivity index (χ1v) is 7.37. The van der Waals surface area contributed by atoms with Gasteiger partial charge in [-0.2, -0.15) is 0 Å². The van der Waals surface area contributed by atoms with Gasteiger partial charge in [-0.25, -0.2) is 4.39 Å². The van der Waals surface area contributed by atoms with Crippen LogP contribution >= 0.6 is 0 Å². The molecule has 2 aliphatic heterocycles. The Labute approximate surface area is 127 Å². The number of amides is 2. The molecule has 118 valence electrons. The lowest BCUT2D eigenvalue weighted by atomic mass is 10.1. The van der Waals surface area contributed by atoms with Crippen LogP contribution in [0.15, 0.2) is 18.3 Å². The summed E-state index contributed by atoms with van der Waals surface area (Å²) in [5, 5.41) is 0. The lowest BCUT2D eigenvalue weighted by Gasteiger charge is -2.35. The number of aromatic nitrogens is 1. The number of nitrogens with zero attached hydrogens (tertiary/aromatic N) is 3. The first-order valence-electron chi connectivity index (χ1n) is 7.37. The molecule has 0 aromatic carbocycles. The molecule has 0 saturated carbocycles. The van der Waals surface area contributed by atoms with Crippen LogP contribution < -0.4 is 0 Å². The quantitative estimate of drug-likeness (QED) is 0.801. The highest BCUT2D eigenvalue weighted by atomic mass is 19.1. The van der Waals surface area contributed by atoms with Gasteiger partial charge in [0.2, 0.25) is 11.8 Å². The largest absolute Gasteiger partial charge is 0.364 e. The molecular weight excluding hydrogens is 289 g/mol. The van der Waals surface area contributed by atoms with Crippen LogP contribution in [-0.2, 0) is 20.7 Å². The maximum absolute atomic E-state index is 12.8. The minimum atomic E-state index is -0.422. The van der Waals surface area contributed by atoms with E-state index in [1.807, 2.05) is 6.92 Å². The molecule has 0 aliphatic carbocycles. The molecule has 2 saturated heterocycles. The van der Waals surface area contributed by atoms with Crippen molar-refractivity contribution in [2.75, 3.05) is 26.2 Å². The number of ether oxygens (including phenoxy) is 1. The fraction of sp³-hybridized carbons (Fsp3) is 0.533. The third kappa shape index (κ3) is 2.81. The molecule has 2 aliphatic rings. The van der Waals surface area contributed by atoms with Gasteiger partial charge in [-0.3, -0.25) is 14.6 Å². The second-order valence-electron chi connectivity index (χ2n) is 5.54. The molecule has 1 aromatic heterocycles. The number of likely N-dealkylation sites (N-methyl/N-ethyl adjacent to an activating group) is 1. The van der Waals surface area contributed by atoms with Crippen molar-refractivity contribution in [2.24, 2.45) is 0 Å². The van der Waals surface area contributed by atoms with E-state index in [-0.39, 0.29) is 37.0 Å². The molecule has 2 fully saturated rings. The van der Waals surface area contributed by atoms with E-state index < -0.39 is 5.82 Å². The van der Waals surface area contributed by atoms with Crippen molar-refractivity contribution >= 4 is 11.8 Å². The Balaban J connectivity index is 1.65. The molecule has 0 spiro atoms. The number of rotatable bonds is 3. The second-order valence-corrected chi connectivity index (χ2v) is 5.54. The third-order valence-electron chi connectivity index (χ3n) is 4.19. The summed E-state index contributed by atoms with van der Waals surface area (Å²) in [4.78, 5) is 31.5. The number of pyridine rings is 1. The third-order valence-corrected chi connectivity index (χ3v) is 4.19. The Hall–Kier alpha value is -2.02. The second kappa shape index (κ2) is 6.00. The number of hydrogen-bond donors (Lipinski definition) is 0. The zero-order chi connectivity index (χ0) is 15.7. The zero-order valence-corrected chi connectivity index (χ0v) is 12.4. The summed E-state index contributed by atoms with van der Waals surface area (Å²) in [5.41, 5.74) is 0.533. The average Bonchev–Trinajstić information content (AvgIpc) is 2.94. The van der Waals surface area contributed by atoms with Gasteiger partial charge < -0.3 is 14.5 Å². The van der Waals surface area contributed by atoms with Crippen LogP contribution in [0, 0.1) is 5.82 Å². The predicted octanol–water partition coefficient (Wildman–Crippen LogP) is 0.221. The van der Waals surface area contributed by atoms with Crippen LogP contribution in [0.3, 0.4) is 0 Å². The van der Waals surface area contributed by atoms with E-state index >= 15 is 0 Å². The smallest absolute Gasteiger partial charge is 0.248 e. The summed E-state index contributed by atoms with van der Waals surface area (Å²) < 4.78 is 18.4. The maximum Gasteiger partial charge on any atom is 0.248 e. The molecule has 2 atom stereocenters. The van der Waals surface area contributed by atoms with Crippen molar-refractivity contribution in [1.29, 1.82) is 0 Å². The number of hydrogen-bond acceptors (Lipinski definition) is 4. The first kappa shape index (κ1) is 14.9. The number of fused-ring (bicyclic) bond motifs is 1. The van der Waals surface area contributed by atoms with Gasteiger partial charge in [0, 0.05) is 25.3 Å². The van der Waals surface area contributed by atoms with Crippen molar-refractivity contribution in [3.05, 3.63) is 29.8 Å². The summed E-state index contributed by atoms with van der Waals surface area (Å²) in [7, 11) is 0. The van der Waals surface area contributed by atoms with Crippen molar-refractivity contribution < 1.29 is 18.7 Å². The van der Waals surface area contributed by atoms with Crippen LogP contribution in [-0.4, -0.2) is 65.0 Å². The number of morpholine rings is 1. The van der Waals surface area contributed by atoms with E-state index in [9.17, 15) is 14.0 Å². The van der Waals surface area contributed by atoms with Gasteiger partial charge in [0.1, 0.15) is 12.4 Å². The Morgan fingerprint density at radius 1 is 1.45 bits per heavy atom. The Morgan fingerprint density at radius 2 is 2.27 bits per heavy atom. The molecule has 0 bridgehead atoms. The van der Waals surface area contributed by atoms with Gasteiger partial charge in [0.25, 0.3) is 0 Å². The standard InChI is InChI=1S/C15H18FN3O3/c1-2-19-12-7-18(8-13(12)22-9-15(19)21)14(20)5-11-4-3-10(16)6-17-11/h3-4,6,12-13H,2,5,7-9H2,1H3/t12-,13-/m1/s1. The molecule has 22 heavy (non-hydrogen) atoms. The van der Waals surface area contributed by atoms with E-state index in [0.717, 1.165) is 6.20 Å². The fourth-order valence-corrected chi connectivity index (χ4v) is 3.06. The molecular formula is C15H18FN3O3. The van der Waals surface area contributed by atoms with Gasteiger partial charge in [0.15, 0.2) is 0 Å². The molecule has 7 heteroatoms. The van der Waals surface area contributed by atoms with Crippen molar-refractivity contribution in [1.82, 2.24) is 14.8 Å². The summed E-state index contributed by atoms with van der Waals surface area (Å²) >= 11 is 0. The van der Waals surface area contributed by atoms with Crippen LogP contribution in [0.4, 0.5) is 4.39 Å². The van der Waals surface area contributed by atoms with Crippen molar-refractivity contribution in [3.8, 4) is 0 Å². The molecule has 1 aromatic rings. The highest BCUT2D eigenvalue weighted by Gasteiger charge is 2.43. The highest BCUT2D eigenvalue weighted by Crippen LogP contribution is 2.23. The summed E-state index contributed by atoms with van der Waals surface area (Å²) in [6.45, 7) is 3.58. The van der Waals surface area contributed by atoms with Crippen LogP contribution in [0.5, 0.6) is 0 Å². The monoisotopic (exact) mass is 307 g/mol. The van der Waals surface area contributed by atoms with E-state index in [1.54, 1.807) is 9.80 Å². The van der Waals surface area contributed by atoms with E-state index in [0.29, 0.717) is 25.3 Å². The van der Waals surface area contributed by atoms with E-state index in [4.69, 9.17) is 4.74 Å². The Bertz CT molecular complexity index is 578. The summed E-state index contributed by atoms with van der Waals surface area (Å²) in [6, 6.07) is 2.73. The molecule has 6 nitrogen and oxygen atoms in total. The molecule has 0 radical (unpaired) electrons. The number of carbonyl (C=O) groups excluding carboxylic acids is 2. The lowest BCUT2D eigenvalue weighted by Crippen LogP contribution is -2.53. The number of carbonyl (C=O) groups is 2. The van der Waals surface area contributed by atoms with Crippen molar-refractivity contribution in [3.63, 3.8) is 0 Å². The molecule has 3 heterocycles. The van der Waals surface area contributed by atoms with E-state index in [2.05, 4.69) is 4.98 Å². The lowest BCUT2D eigenvalue weighted by molar-refractivity contribution is -0.152. The fourth-order valence-electron chi connectivity index (χ4n) is 3.06. The topological polar surface area (TPSA) is 62.7 Å². The van der Waals surface area contributed by atoms with Gasteiger partial charge in [-0.15, -0.1) is 0 Å². The minimum Gasteiger partial charge on any atom is -0.364 e. The van der Waals surface area contributed by atoms with E-state index in [1.165, 1.54) is 12.1 Å². The van der Waals surface area contributed by atoms with Gasteiger partial charge in [-0.05, 0) is 19.1 Å². The molecule has 0 N–H and O–H groups in total. The minimum absolute atomic E-state index is 0.0294. The van der Waals surface area contributed by atoms with Crippen molar-refractivity contribution in [2.45, 2.75) is 25.5 Å². The normalized spacial score (nSPS) is 24.5. The van der Waals surface area contributed by atoms with Gasteiger partial charge in [0.05, 0.1) is 24.8 Å². The summed E-state index contributed by atoms with van der Waals surface area (Å²) in [6.07, 6.45) is 1.11. The maximum atomic E-state index is 12.8. The van der Waals surface area contributed by atoms with Crippen LogP contribution in [0.25, 0.3) is 0 Å². The Kier molecular flexibility index (Phi) is 4.06. The molecule has 0 unspecified atom stereocenters. The SMILES string of the molecule is CCN1C(=O)CO[C@@H]2CN(C(=O)Cc3ccc(F)cn3)C[C@H]21. The van der Waals surface area contributed by atoms with Crippen LogP contribution in [0.1, 0.15) is 12.6 Å². The predicted molar refractivity (Wildman–Crippen MR) is 75.4 cm³/mol. The molecule has 2 amide bonds. The summed E-state index contributed by atoms with van der Waals surface area (Å²) in [5.74, 6) is -0.534. The number of likely N-dealkylation sites (tertiary alicyclic amines) is 1. The first-order chi connectivity index (χ1) is 10.6. The molecule has 3 rings (SSSR count).